The molecular weight excluding hydrogens is 354 g/mol. The van der Waals surface area contributed by atoms with Crippen LogP contribution < -0.4 is 10.6 Å². The van der Waals surface area contributed by atoms with Gasteiger partial charge in [0, 0.05) is 42.5 Å². The van der Waals surface area contributed by atoms with E-state index in [-0.39, 0.29) is 17.7 Å². The van der Waals surface area contributed by atoms with Crippen LogP contribution in [-0.2, 0) is 4.79 Å². The number of likely N-dealkylation sites (tertiary alicyclic amines) is 1. The van der Waals surface area contributed by atoms with Gasteiger partial charge in [0.1, 0.15) is 0 Å². The fourth-order valence-corrected chi connectivity index (χ4v) is 3.40. The zero-order valence-electron chi connectivity index (χ0n) is 16.2. The van der Waals surface area contributed by atoms with Crippen molar-refractivity contribution in [2.75, 3.05) is 23.7 Å². The second-order valence-corrected chi connectivity index (χ2v) is 7.29. The van der Waals surface area contributed by atoms with Gasteiger partial charge in [-0.3, -0.25) is 14.4 Å². The van der Waals surface area contributed by atoms with Crippen molar-refractivity contribution in [3.63, 3.8) is 0 Å². The van der Waals surface area contributed by atoms with Crippen molar-refractivity contribution in [3.05, 3.63) is 59.7 Å². The lowest BCUT2D eigenvalue weighted by Gasteiger charge is -2.31. The maximum atomic E-state index is 12.6. The van der Waals surface area contributed by atoms with Gasteiger partial charge in [0.2, 0.25) is 5.91 Å². The molecule has 0 radical (unpaired) electrons. The zero-order valence-corrected chi connectivity index (χ0v) is 16.2. The Hall–Kier alpha value is -3.15. The molecule has 3 amide bonds. The summed E-state index contributed by atoms with van der Waals surface area (Å²) in [5.74, 6) is 0.0925. The average molecular weight is 379 g/mol. The largest absolute Gasteiger partial charge is 0.338 e. The Balaban J connectivity index is 1.65. The highest BCUT2D eigenvalue weighted by Gasteiger charge is 2.22. The van der Waals surface area contributed by atoms with Crippen LogP contribution in [0.25, 0.3) is 0 Å². The third-order valence-electron chi connectivity index (χ3n) is 4.78. The number of nitrogens with zero attached hydrogens (tertiary/aromatic N) is 1. The van der Waals surface area contributed by atoms with Gasteiger partial charge in [0.15, 0.2) is 0 Å². The molecule has 1 fully saturated rings. The van der Waals surface area contributed by atoms with E-state index in [2.05, 4.69) is 17.6 Å². The number of hydrogen-bond acceptors (Lipinski definition) is 3. The molecule has 1 saturated heterocycles. The summed E-state index contributed by atoms with van der Waals surface area (Å²) in [5, 5.41) is 5.48. The predicted octanol–water partition coefficient (Wildman–Crippen LogP) is 3.77. The molecule has 28 heavy (non-hydrogen) atoms. The summed E-state index contributed by atoms with van der Waals surface area (Å²) in [4.78, 5) is 38.2. The lowest BCUT2D eigenvalue weighted by Crippen LogP contribution is -2.39. The van der Waals surface area contributed by atoms with Crippen LogP contribution in [0.15, 0.2) is 48.5 Å². The number of amides is 3. The summed E-state index contributed by atoms with van der Waals surface area (Å²) < 4.78 is 0. The Labute approximate surface area is 164 Å². The molecular formula is C22H25N3O3. The van der Waals surface area contributed by atoms with Gasteiger partial charge in [-0.2, -0.15) is 0 Å². The van der Waals surface area contributed by atoms with Gasteiger partial charge in [-0.1, -0.05) is 13.0 Å². The molecule has 2 aromatic rings. The Morgan fingerprint density at radius 1 is 0.964 bits per heavy atom. The lowest BCUT2D eigenvalue weighted by molar-refractivity contribution is -0.114. The first-order chi connectivity index (χ1) is 13.4. The molecule has 3 rings (SSSR count). The minimum Gasteiger partial charge on any atom is -0.338 e. The van der Waals surface area contributed by atoms with Crippen molar-refractivity contribution < 1.29 is 14.4 Å². The van der Waals surface area contributed by atoms with Crippen LogP contribution in [0.3, 0.4) is 0 Å². The number of carbonyl (C=O) groups is 3. The zero-order chi connectivity index (χ0) is 20.1. The highest BCUT2D eigenvalue weighted by atomic mass is 16.2. The molecule has 0 bridgehead atoms. The maximum absolute atomic E-state index is 12.6. The molecule has 6 nitrogen and oxygen atoms in total. The van der Waals surface area contributed by atoms with Crippen molar-refractivity contribution in [2.45, 2.75) is 26.7 Å². The molecule has 0 aliphatic carbocycles. The minimum absolute atomic E-state index is 0.0153. The van der Waals surface area contributed by atoms with E-state index in [1.54, 1.807) is 48.5 Å². The molecule has 2 aromatic carbocycles. The number of benzene rings is 2. The summed E-state index contributed by atoms with van der Waals surface area (Å²) in [6.45, 7) is 5.16. The summed E-state index contributed by atoms with van der Waals surface area (Å²) in [5.41, 5.74) is 2.26. The van der Waals surface area contributed by atoms with Gasteiger partial charge in [-0.25, -0.2) is 0 Å². The van der Waals surface area contributed by atoms with E-state index in [9.17, 15) is 14.4 Å². The number of piperidine rings is 1. The maximum Gasteiger partial charge on any atom is 0.255 e. The van der Waals surface area contributed by atoms with Crippen molar-refractivity contribution in [1.82, 2.24) is 4.90 Å². The number of nitrogens with one attached hydrogen (secondary N) is 2. The third-order valence-corrected chi connectivity index (χ3v) is 4.78. The van der Waals surface area contributed by atoms with Crippen molar-refractivity contribution in [2.24, 2.45) is 5.92 Å². The van der Waals surface area contributed by atoms with Crippen LogP contribution in [0.1, 0.15) is 47.4 Å². The van der Waals surface area contributed by atoms with E-state index in [1.807, 2.05) is 4.90 Å². The quantitative estimate of drug-likeness (QED) is 0.849. The molecule has 0 aromatic heterocycles. The number of anilines is 2. The standard InChI is InChI=1S/C22H25N3O3/c1-15-5-4-12-25(14-15)22(28)18-10-8-17(9-11-18)21(27)24-20-7-3-6-19(13-20)23-16(2)26/h3,6-11,13,15H,4-5,12,14H2,1-2H3,(H,23,26)(H,24,27). The van der Waals surface area contributed by atoms with Crippen LogP contribution >= 0.6 is 0 Å². The fourth-order valence-electron chi connectivity index (χ4n) is 3.40. The Morgan fingerprint density at radius 2 is 1.61 bits per heavy atom. The molecule has 1 aliphatic rings. The number of carbonyl (C=O) groups excluding carboxylic acids is 3. The average Bonchev–Trinajstić information content (AvgIpc) is 2.67. The monoisotopic (exact) mass is 379 g/mol. The van der Waals surface area contributed by atoms with Gasteiger partial charge in [-0.15, -0.1) is 0 Å². The van der Waals surface area contributed by atoms with Gasteiger partial charge < -0.3 is 15.5 Å². The summed E-state index contributed by atoms with van der Waals surface area (Å²) in [6.07, 6.45) is 2.19. The van der Waals surface area contributed by atoms with Crippen LogP contribution in [0.5, 0.6) is 0 Å². The SMILES string of the molecule is CC(=O)Nc1cccc(NC(=O)c2ccc(C(=O)N3CCCC(C)C3)cc2)c1. The molecule has 0 spiro atoms. The van der Waals surface area contributed by atoms with E-state index >= 15 is 0 Å². The summed E-state index contributed by atoms with van der Waals surface area (Å²) in [6, 6.07) is 13.7. The van der Waals surface area contributed by atoms with E-state index < -0.39 is 0 Å². The van der Waals surface area contributed by atoms with Gasteiger partial charge in [0.25, 0.3) is 11.8 Å². The van der Waals surface area contributed by atoms with E-state index in [0.29, 0.717) is 28.4 Å². The molecule has 1 aliphatic heterocycles. The minimum atomic E-state index is -0.273. The fraction of sp³-hybridized carbons (Fsp3) is 0.318. The summed E-state index contributed by atoms with van der Waals surface area (Å²) in [7, 11) is 0. The number of hydrogen-bond donors (Lipinski definition) is 2. The van der Waals surface area contributed by atoms with Gasteiger partial charge in [-0.05, 0) is 61.2 Å². The summed E-state index contributed by atoms with van der Waals surface area (Å²) >= 11 is 0. The first-order valence-electron chi connectivity index (χ1n) is 9.51. The molecule has 146 valence electrons. The Morgan fingerprint density at radius 3 is 2.25 bits per heavy atom. The van der Waals surface area contributed by atoms with E-state index in [1.165, 1.54) is 6.92 Å². The van der Waals surface area contributed by atoms with Crippen LogP contribution in [0.4, 0.5) is 11.4 Å². The second kappa shape index (κ2) is 8.69. The molecule has 0 saturated carbocycles. The highest BCUT2D eigenvalue weighted by Crippen LogP contribution is 2.19. The molecule has 1 unspecified atom stereocenters. The first-order valence-corrected chi connectivity index (χ1v) is 9.51. The van der Waals surface area contributed by atoms with Crippen LogP contribution in [-0.4, -0.2) is 35.7 Å². The van der Waals surface area contributed by atoms with Crippen molar-refractivity contribution in [3.8, 4) is 0 Å². The second-order valence-electron chi connectivity index (χ2n) is 7.29. The van der Waals surface area contributed by atoms with Crippen molar-refractivity contribution >= 4 is 29.1 Å². The third kappa shape index (κ3) is 4.97. The first kappa shape index (κ1) is 19.6. The van der Waals surface area contributed by atoms with E-state index in [4.69, 9.17) is 0 Å². The van der Waals surface area contributed by atoms with E-state index in [0.717, 1.165) is 25.9 Å². The Bertz CT molecular complexity index is 877. The smallest absolute Gasteiger partial charge is 0.255 e. The molecule has 1 heterocycles. The Kier molecular flexibility index (Phi) is 6.09. The van der Waals surface area contributed by atoms with Gasteiger partial charge >= 0.3 is 0 Å². The van der Waals surface area contributed by atoms with Crippen molar-refractivity contribution in [1.29, 1.82) is 0 Å². The molecule has 1 atom stereocenters. The molecule has 6 heteroatoms. The normalized spacial score (nSPS) is 16.4. The topological polar surface area (TPSA) is 78.5 Å². The van der Waals surface area contributed by atoms with Crippen LogP contribution in [0.2, 0.25) is 0 Å². The predicted molar refractivity (Wildman–Crippen MR) is 109 cm³/mol. The van der Waals surface area contributed by atoms with Crippen LogP contribution in [0, 0.1) is 5.92 Å². The van der Waals surface area contributed by atoms with Gasteiger partial charge in [0.05, 0.1) is 0 Å². The highest BCUT2D eigenvalue weighted by molar-refractivity contribution is 6.05. The lowest BCUT2D eigenvalue weighted by atomic mass is 9.99. The number of rotatable bonds is 4. The molecule has 2 N–H and O–H groups in total.